The molecule has 0 aliphatic heterocycles. The number of hydrogen-bond acceptors (Lipinski definition) is 4. The largest absolute Gasteiger partial charge is 0.468 e. The van der Waals surface area contributed by atoms with Crippen LogP contribution in [0.15, 0.2) is 47.3 Å². The maximum absolute atomic E-state index is 12.6. The number of H-pyrrole nitrogens is 1. The van der Waals surface area contributed by atoms with E-state index in [9.17, 15) is 4.79 Å². The summed E-state index contributed by atoms with van der Waals surface area (Å²) in [7, 11) is 0. The number of nitrogens with one attached hydrogen (secondary N) is 2. The highest BCUT2D eigenvalue weighted by atomic mass is 16.3. The highest BCUT2D eigenvalue weighted by molar-refractivity contribution is 6.04. The lowest BCUT2D eigenvalue weighted by Crippen LogP contribution is -2.38. The van der Waals surface area contributed by atoms with Crippen LogP contribution in [-0.2, 0) is 0 Å². The Morgan fingerprint density at radius 2 is 2.12 bits per heavy atom. The lowest BCUT2D eigenvalue weighted by atomic mass is 10.1. The van der Waals surface area contributed by atoms with Gasteiger partial charge in [0.2, 0.25) is 0 Å². The molecule has 0 saturated heterocycles. The molecule has 0 aliphatic rings. The molecule has 0 saturated carbocycles. The third kappa shape index (κ3) is 3.19. The van der Waals surface area contributed by atoms with E-state index in [2.05, 4.69) is 34.0 Å². The first kappa shape index (κ1) is 16.3. The number of nitrogens with zero attached hydrogens (tertiary/aromatic N) is 2. The minimum absolute atomic E-state index is 0.0114. The molecule has 0 radical (unpaired) electrons. The fourth-order valence-electron chi connectivity index (χ4n) is 2.99. The normalized spacial score (nSPS) is 12.6. The van der Waals surface area contributed by atoms with E-state index in [1.54, 1.807) is 18.7 Å². The van der Waals surface area contributed by atoms with E-state index < -0.39 is 0 Å². The number of hydrogen-bond donors (Lipinski definition) is 2. The first-order chi connectivity index (χ1) is 11.7. The van der Waals surface area contributed by atoms with Crippen LogP contribution in [0.4, 0.5) is 0 Å². The van der Waals surface area contributed by atoms with Crippen molar-refractivity contribution in [3.8, 4) is 0 Å². The summed E-state index contributed by atoms with van der Waals surface area (Å²) in [6.45, 7) is 6.45. The molecule has 2 heterocycles. The van der Waals surface area contributed by atoms with E-state index >= 15 is 0 Å². The van der Waals surface area contributed by atoms with Crippen LogP contribution in [0.5, 0.6) is 0 Å². The third-order valence-electron chi connectivity index (χ3n) is 4.28. The second-order valence-corrected chi connectivity index (χ2v) is 5.57. The Kier molecular flexibility index (Phi) is 4.96. The Labute approximate surface area is 140 Å². The Hall–Kier alpha value is -2.60. The van der Waals surface area contributed by atoms with Crippen molar-refractivity contribution in [2.24, 2.45) is 0 Å². The van der Waals surface area contributed by atoms with Crippen molar-refractivity contribution in [2.75, 3.05) is 19.6 Å². The van der Waals surface area contributed by atoms with Crippen LogP contribution in [0.25, 0.3) is 11.0 Å². The molecule has 0 bridgehead atoms. The van der Waals surface area contributed by atoms with Crippen molar-refractivity contribution in [1.82, 2.24) is 20.2 Å². The summed E-state index contributed by atoms with van der Waals surface area (Å²) in [5, 5.41) is 3.02. The second-order valence-electron chi connectivity index (χ2n) is 5.57. The van der Waals surface area contributed by atoms with Crippen molar-refractivity contribution < 1.29 is 9.21 Å². The zero-order valence-electron chi connectivity index (χ0n) is 14.0. The van der Waals surface area contributed by atoms with E-state index in [4.69, 9.17) is 4.42 Å². The van der Waals surface area contributed by atoms with Crippen LogP contribution in [0.1, 0.15) is 36.0 Å². The van der Waals surface area contributed by atoms with Crippen LogP contribution in [0.2, 0.25) is 0 Å². The van der Waals surface area contributed by atoms with Crippen LogP contribution in [-0.4, -0.2) is 40.4 Å². The topological polar surface area (TPSA) is 74.2 Å². The Morgan fingerprint density at radius 3 is 2.83 bits per heavy atom. The standard InChI is InChI=1S/C18H22N4O2/c1-3-22(4-2)15(16-9-6-10-24-16)11-19-18(23)13-7-5-8-14-17(13)21-12-20-14/h5-10,12,15H,3-4,11H2,1-2H3,(H,19,23)(H,20,21)/t15-/m0/s1. The molecule has 0 aliphatic carbocycles. The quantitative estimate of drug-likeness (QED) is 0.700. The minimum Gasteiger partial charge on any atom is -0.468 e. The molecule has 0 fully saturated rings. The number of amides is 1. The highest BCUT2D eigenvalue weighted by Crippen LogP contribution is 2.21. The zero-order valence-corrected chi connectivity index (χ0v) is 14.0. The predicted molar refractivity (Wildman–Crippen MR) is 92.8 cm³/mol. The van der Waals surface area contributed by atoms with E-state index in [0.717, 1.165) is 24.4 Å². The number of para-hydroxylation sites is 1. The van der Waals surface area contributed by atoms with Crippen molar-refractivity contribution in [1.29, 1.82) is 0 Å². The molecule has 2 N–H and O–H groups in total. The number of benzene rings is 1. The monoisotopic (exact) mass is 326 g/mol. The first-order valence-corrected chi connectivity index (χ1v) is 8.22. The van der Waals surface area contributed by atoms with Crippen LogP contribution in [0.3, 0.4) is 0 Å². The predicted octanol–water partition coefficient (Wildman–Crippen LogP) is 2.97. The molecular formula is C18H22N4O2. The van der Waals surface area contributed by atoms with Gasteiger partial charge in [-0.05, 0) is 37.4 Å². The number of aromatic nitrogens is 2. The molecule has 2 aromatic heterocycles. The van der Waals surface area contributed by atoms with Gasteiger partial charge in [0.05, 0.1) is 29.7 Å². The van der Waals surface area contributed by atoms with Crippen LogP contribution in [0, 0.1) is 0 Å². The molecule has 126 valence electrons. The number of imidazole rings is 1. The van der Waals surface area contributed by atoms with Crippen molar-refractivity contribution in [3.05, 3.63) is 54.2 Å². The van der Waals surface area contributed by atoms with E-state index in [1.807, 2.05) is 24.3 Å². The number of carbonyl (C=O) groups is 1. The molecule has 0 unspecified atom stereocenters. The van der Waals surface area contributed by atoms with Gasteiger partial charge in [-0.3, -0.25) is 9.69 Å². The summed E-state index contributed by atoms with van der Waals surface area (Å²) >= 11 is 0. The maximum Gasteiger partial charge on any atom is 0.253 e. The first-order valence-electron chi connectivity index (χ1n) is 8.22. The zero-order chi connectivity index (χ0) is 16.9. The number of likely N-dealkylation sites (N-methyl/N-ethyl adjacent to an activating group) is 1. The van der Waals surface area contributed by atoms with Crippen molar-refractivity contribution in [3.63, 3.8) is 0 Å². The highest BCUT2D eigenvalue weighted by Gasteiger charge is 2.22. The second kappa shape index (κ2) is 7.31. The van der Waals surface area contributed by atoms with E-state index in [1.165, 1.54) is 0 Å². The van der Waals surface area contributed by atoms with Crippen LogP contribution >= 0.6 is 0 Å². The van der Waals surface area contributed by atoms with Gasteiger partial charge in [-0.25, -0.2) is 4.98 Å². The molecule has 6 heteroatoms. The number of aromatic amines is 1. The Balaban J connectivity index is 1.77. The number of furan rings is 1. The third-order valence-corrected chi connectivity index (χ3v) is 4.28. The fraction of sp³-hybridized carbons (Fsp3) is 0.333. The van der Waals surface area contributed by atoms with Gasteiger partial charge in [0.15, 0.2) is 0 Å². The van der Waals surface area contributed by atoms with Gasteiger partial charge in [0.25, 0.3) is 5.91 Å². The molecule has 1 aromatic carbocycles. The van der Waals surface area contributed by atoms with Gasteiger partial charge in [-0.15, -0.1) is 0 Å². The van der Waals surface area contributed by atoms with Crippen LogP contribution < -0.4 is 5.32 Å². The molecule has 24 heavy (non-hydrogen) atoms. The smallest absolute Gasteiger partial charge is 0.253 e. The molecule has 1 atom stereocenters. The van der Waals surface area contributed by atoms with Crippen molar-refractivity contribution >= 4 is 16.9 Å². The summed E-state index contributed by atoms with van der Waals surface area (Å²) in [6.07, 6.45) is 3.26. The summed E-state index contributed by atoms with van der Waals surface area (Å²) in [4.78, 5) is 22.1. The van der Waals surface area contributed by atoms with Gasteiger partial charge in [-0.1, -0.05) is 19.9 Å². The maximum atomic E-state index is 12.6. The number of rotatable bonds is 7. The molecular weight excluding hydrogens is 304 g/mol. The number of carbonyl (C=O) groups excluding carboxylic acids is 1. The molecule has 0 spiro atoms. The van der Waals surface area contributed by atoms with Gasteiger partial charge >= 0.3 is 0 Å². The Morgan fingerprint density at radius 1 is 1.29 bits per heavy atom. The van der Waals surface area contributed by atoms with Gasteiger partial charge in [0, 0.05) is 6.54 Å². The lowest BCUT2D eigenvalue weighted by Gasteiger charge is -2.28. The molecule has 6 nitrogen and oxygen atoms in total. The average molecular weight is 326 g/mol. The van der Waals surface area contributed by atoms with Gasteiger partial charge in [-0.2, -0.15) is 0 Å². The summed E-state index contributed by atoms with van der Waals surface area (Å²) in [5.41, 5.74) is 2.12. The summed E-state index contributed by atoms with van der Waals surface area (Å²) in [5.74, 6) is 0.730. The number of fused-ring (bicyclic) bond motifs is 1. The fourth-order valence-corrected chi connectivity index (χ4v) is 2.99. The van der Waals surface area contributed by atoms with Gasteiger partial charge < -0.3 is 14.7 Å². The van der Waals surface area contributed by atoms with E-state index in [-0.39, 0.29) is 11.9 Å². The average Bonchev–Trinajstić information content (AvgIpc) is 3.29. The Bertz CT molecular complexity index is 790. The lowest BCUT2D eigenvalue weighted by molar-refractivity contribution is 0.0931. The van der Waals surface area contributed by atoms with Crippen molar-refractivity contribution in [2.45, 2.75) is 19.9 Å². The van der Waals surface area contributed by atoms with Gasteiger partial charge in [0.1, 0.15) is 11.3 Å². The summed E-state index contributed by atoms with van der Waals surface area (Å²) in [6, 6.07) is 9.38. The SMILES string of the molecule is CCN(CC)[C@@H](CNC(=O)c1cccc2[nH]cnc12)c1ccco1. The molecule has 1 amide bonds. The molecule has 3 aromatic rings. The molecule has 3 rings (SSSR count). The minimum atomic E-state index is -0.128. The summed E-state index contributed by atoms with van der Waals surface area (Å²) < 4.78 is 5.57. The van der Waals surface area contributed by atoms with E-state index in [0.29, 0.717) is 17.6 Å².